The van der Waals surface area contributed by atoms with E-state index in [4.69, 9.17) is 4.74 Å². The summed E-state index contributed by atoms with van der Waals surface area (Å²) in [6, 6.07) is 14.0. The maximum absolute atomic E-state index is 12.1. The number of sulfonamides is 1. The van der Waals surface area contributed by atoms with Crippen molar-refractivity contribution in [2.45, 2.75) is 26.7 Å². The molecule has 0 spiro atoms. The average Bonchev–Trinajstić information content (AvgIpc) is 2.77. The molecule has 2 aromatic rings. The Morgan fingerprint density at radius 3 is 2.23 bits per heavy atom. The van der Waals surface area contributed by atoms with E-state index < -0.39 is 10.0 Å². The van der Waals surface area contributed by atoms with Crippen LogP contribution >= 0.6 is 0 Å². The van der Waals surface area contributed by atoms with Crippen molar-refractivity contribution in [3.8, 4) is 5.75 Å². The quantitative estimate of drug-likeness (QED) is 0.432. The van der Waals surface area contributed by atoms with Crippen molar-refractivity contribution >= 4 is 27.5 Å². The summed E-state index contributed by atoms with van der Waals surface area (Å²) >= 11 is 0. The predicted molar refractivity (Wildman–Crippen MR) is 121 cm³/mol. The van der Waals surface area contributed by atoms with Gasteiger partial charge in [0.25, 0.3) is 5.91 Å². The number of rotatable bonds is 12. The Balaban J connectivity index is 1.68. The van der Waals surface area contributed by atoms with E-state index in [0.29, 0.717) is 23.4 Å². The maximum atomic E-state index is 12.1. The van der Waals surface area contributed by atoms with Crippen molar-refractivity contribution in [3.05, 3.63) is 59.7 Å². The third-order valence-electron chi connectivity index (χ3n) is 4.44. The van der Waals surface area contributed by atoms with Crippen LogP contribution in [0.5, 0.6) is 5.75 Å². The highest BCUT2D eigenvalue weighted by Crippen LogP contribution is 2.12. The molecule has 2 amide bonds. The SMILES string of the molecule is CCC(=O)Nc1ccc(C(=O)NCCNS(=O)(=O)CCOc2ccc(CC)cc2)cc1. The molecule has 8 nitrogen and oxygen atoms in total. The molecule has 0 atom stereocenters. The van der Waals surface area contributed by atoms with Crippen LogP contribution in [0.3, 0.4) is 0 Å². The maximum Gasteiger partial charge on any atom is 0.251 e. The lowest BCUT2D eigenvalue weighted by atomic mass is 10.2. The largest absolute Gasteiger partial charge is 0.492 e. The number of carbonyl (C=O) groups is 2. The third kappa shape index (κ3) is 8.77. The molecular weight excluding hydrogens is 418 g/mol. The molecule has 0 unspecified atom stereocenters. The summed E-state index contributed by atoms with van der Waals surface area (Å²) in [5.41, 5.74) is 2.21. The second-order valence-corrected chi connectivity index (χ2v) is 8.72. The average molecular weight is 448 g/mol. The first-order valence-corrected chi connectivity index (χ1v) is 11.9. The first-order chi connectivity index (χ1) is 14.8. The Morgan fingerprint density at radius 2 is 1.61 bits per heavy atom. The summed E-state index contributed by atoms with van der Waals surface area (Å²) in [5.74, 6) is 0.0113. The van der Waals surface area contributed by atoms with E-state index in [1.807, 2.05) is 24.3 Å². The minimum atomic E-state index is -3.51. The minimum Gasteiger partial charge on any atom is -0.492 e. The van der Waals surface area contributed by atoms with Crippen LogP contribution in [0.25, 0.3) is 0 Å². The molecule has 31 heavy (non-hydrogen) atoms. The second-order valence-electron chi connectivity index (χ2n) is 6.79. The molecule has 0 bridgehead atoms. The summed E-state index contributed by atoms with van der Waals surface area (Å²) in [6.45, 7) is 4.06. The van der Waals surface area contributed by atoms with Gasteiger partial charge in [-0.3, -0.25) is 9.59 Å². The van der Waals surface area contributed by atoms with E-state index in [1.165, 1.54) is 5.56 Å². The number of hydrogen-bond acceptors (Lipinski definition) is 5. The number of amides is 2. The van der Waals surface area contributed by atoms with Gasteiger partial charge < -0.3 is 15.4 Å². The Kier molecular flexibility index (Phi) is 9.48. The highest BCUT2D eigenvalue weighted by Gasteiger charge is 2.11. The summed E-state index contributed by atoms with van der Waals surface area (Å²) in [5, 5.41) is 5.35. The molecule has 0 fully saturated rings. The van der Waals surface area contributed by atoms with Crippen molar-refractivity contribution < 1.29 is 22.7 Å². The van der Waals surface area contributed by atoms with Crippen molar-refractivity contribution in [2.24, 2.45) is 0 Å². The van der Waals surface area contributed by atoms with Crippen molar-refractivity contribution in [2.75, 3.05) is 30.8 Å². The van der Waals surface area contributed by atoms with E-state index in [1.54, 1.807) is 31.2 Å². The molecule has 0 saturated carbocycles. The molecular formula is C22H29N3O5S. The molecule has 0 saturated heterocycles. The van der Waals surface area contributed by atoms with Crippen LogP contribution in [0.2, 0.25) is 0 Å². The van der Waals surface area contributed by atoms with E-state index in [0.717, 1.165) is 6.42 Å². The van der Waals surface area contributed by atoms with Gasteiger partial charge >= 0.3 is 0 Å². The fourth-order valence-electron chi connectivity index (χ4n) is 2.60. The van der Waals surface area contributed by atoms with Gasteiger partial charge in [-0.15, -0.1) is 0 Å². The molecule has 168 valence electrons. The fraction of sp³-hybridized carbons (Fsp3) is 0.364. The first-order valence-electron chi connectivity index (χ1n) is 10.2. The zero-order valence-electron chi connectivity index (χ0n) is 17.8. The van der Waals surface area contributed by atoms with Gasteiger partial charge in [-0.1, -0.05) is 26.0 Å². The van der Waals surface area contributed by atoms with E-state index in [9.17, 15) is 18.0 Å². The molecule has 0 heterocycles. The topological polar surface area (TPSA) is 114 Å². The Labute approximate surface area is 183 Å². The highest BCUT2D eigenvalue weighted by atomic mass is 32.2. The summed E-state index contributed by atoms with van der Waals surface area (Å²) in [6.07, 6.45) is 1.30. The van der Waals surface area contributed by atoms with Crippen LogP contribution in [0.4, 0.5) is 5.69 Å². The fourth-order valence-corrected chi connectivity index (χ4v) is 3.46. The summed E-state index contributed by atoms with van der Waals surface area (Å²) in [7, 11) is -3.51. The van der Waals surface area contributed by atoms with E-state index in [2.05, 4.69) is 22.3 Å². The molecule has 0 aliphatic carbocycles. The Hall–Kier alpha value is -2.91. The van der Waals surface area contributed by atoms with Gasteiger partial charge in [-0.25, -0.2) is 13.1 Å². The van der Waals surface area contributed by atoms with Gasteiger partial charge in [0.05, 0.1) is 5.75 Å². The smallest absolute Gasteiger partial charge is 0.251 e. The number of hydrogen-bond donors (Lipinski definition) is 3. The number of anilines is 1. The standard InChI is InChI=1S/C22H29N3O5S/c1-3-17-5-11-20(12-6-17)30-15-16-31(28,29)24-14-13-23-22(27)18-7-9-19(10-8-18)25-21(26)4-2/h5-12,24H,3-4,13-16H2,1-2H3,(H,23,27)(H,25,26). The number of carbonyl (C=O) groups excluding carboxylic acids is 2. The highest BCUT2D eigenvalue weighted by molar-refractivity contribution is 7.89. The normalized spacial score (nSPS) is 11.0. The van der Waals surface area contributed by atoms with Crippen LogP contribution in [0, 0.1) is 0 Å². The molecule has 2 rings (SSSR count). The molecule has 2 aromatic carbocycles. The van der Waals surface area contributed by atoms with Gasteiger partial charge in [0.2, 0.25) is 15.9 Å². The third-order valence-corrected chi connectivity index (χ3v) is 5.78. The van der Waals surface area contributed by atoms with Crippen molar-refractivity contribution in [1.29, 1.82) is 0 Å². The monoisotopic (exact) mass is 447 g/mol. The van der Waals surface area contributed by atoms with Crippen molar-refractivity contribution in [1.82, 2.24) is 10.0 Å². The van der Waals surface area contributed by atoms with E-state index in [-0.39, 0.29) is 37.3 Å². The lowest BCUT2D eigenvalue weighted by Gasteiger charge is -2.10. The number of aryl methyl sites for hydroxylation is 1. The Bertz CT molecular complexity index is 958. The van der Waals surface area contributed by atoms with Crippen LogP contribution < -0.4 is 20.1 Å². The second kappa shape index (κ2) is 12.1. The molecule has 0 radical (unpaired) electrons. The summed E-state index contributed by atoms with van der Waals surface area (Å²) < 4.78 is 32.0. The van der Waals surface area contributed by atoms with Gasteiger partial charge in [0.15, 0.2) is 0 Å². The van der Waals surface area contributed by atoms with Crippen LogP contribution in [0.1, 0.15) is 36.2 Å². The lowest BCUT2D eigenvalue weighted by Crippen LogP contribution is -2.36. The van der Waals surface area contributed by atoms with Crippen LogP contribution in [0.15, 0.2) is 48.5 Å². The number of benzene rings is 2. The number of ether oxygens (including phenoxy) is 1. The number of nitrogens with one attached hydrogen (secondary N) is 3. The zero-order chi connectivity index (χ0) is 22.7. The molecule has 9 heteroatoms. The van der Waals surface area contributed by atoms with Crippen LogP contribution in [-0.4, -0.2) is 45.7 Å². The molecule has 3 N–H and O–H groups in total. The van der Waals surface area contributed by atoms with Crippen LogP contribution in [-0.2, 0) is 21.2 Å². The first kappa shape index (κ1) is 24.4. The minimum absolute atomic E-state index is 0.0358. The van der Waals surface area contributed by atoms with Crippen molar-refractivity contribution in [3.63, 3.8) is 0 Å². The van der Waals surface area contributed by atoms with Gasteiger partial charge in [-0.05, 0) is 48.4 Å². The van der Waals surface area contributed by atoms with Gasteiger partial charge in [0, 0.05) is 30.8 Å². The lowest BCUT2D eigenvalue weighted by molar-refractivity contribution is -0.115. The van der Waals surface area contributed by atoms with Gasteiger partial charge in [-0.2, -0.15) is 0 Å². The Morgan fingerprint density at radius 1 is 0.935 bits per heavy atom. The molecule has 0 aliphatic rings. The molecule has 0 aromatic heterocycles. The zero-order valence-corrected chi connectivity index (χ0v) is 18.6. The molecule has 0 aliphatic heterocycles. The van der Waals surface area contributed by atoms with Gasteiger partial charge in [0.1, 0.15) is 12.4 Å². The predicted octanol–water partition coefficient (Wildman–Crippen LogP) is 2.33. The van der Waals surface area contributed by atoms with E-state index >= 15 is 0 Å². The summed E-state index contributed by atoms with van der Waals surface area (Å²) in [4.78, 5) is 23.5.